The molecule has 0 aliphatic carbocycles. The van der Waals surface area contributed by atoms with Crippen molar-refractivity contribution in [2.75, 3.05) is 7.11 Å². The smallest absolute Gasteiger partial charge is 0.328 e. The summed E-state index contributed by atoms with van der Waals surface area (Å²) in [5.74, 6) is -1.82. The van der Waals surface area contributed by atoms with Crippen molar-refractivity contribution in [3.8, 4) is 28.0 Å². The summed E-state index contributed by atoms with van der Waals surface area (Å²) in [6, 6.07) is 27.0. The van der Waals surface area contributed by atoms with E-state index in [0.29, 0.717) is 11.1 Å². The van der Waals surface area contributed by atoms with Crippen LogP contribution >= 0.6 is 0 Å². The van der Waals surface area contributed by atoms with Crippen molar-refractivity contribution in [3.63, 3.8) is 0 Å². The van der Waals surface area contributed by atoms with E-state index < -0.39 is 17.9 Å². The predicted octanol–water partition coefficient (Wildman–Crippen LogP) is 5.38. The minimum Gasteiger partial charge on any atom is -0.507 e. The second kappa shape index (κ2) is 10.7. The van der Waals surface area contributed by atoms with E-state index >= 15 is 0 Å². The number of esters is 1. The van der Waals surface area contributed by atoms with Gasteiger partial charge in [-0.25, -0.2) is 9.18 Å². The first kappa shape index (κ1) is 23.7. The van der Waals surface area contributed by atoms with Crippen molar-refractivity contribution in [2.45, 2.75) is 12.5 Å². The normalized spacial score (nSPS) is 11.5. The van der Waals surface area contributed by atoms with Gasteiger partial charge in [0.15, 0.2) is 0 Å². The van der Waals surface area contributed by atoms with Crippen LogP contribution in [-0.2, 0) is 16.0 Å². The highest BCUT2D eigenvalue weighted by Gasteiger charge is 2.24. The fourth-order valence-electron chi connectivity index (χ4n) is 3.81. The Balaban J connectivity index is 1.53. The molecule has 0 heterocycles. The summed E-state index contributed by atoms with van der Waals surface area (Å²) >= 11 is 0. The summed E-state index contributed by atoms with van der Waals surface area (Å²) in [6.45, 7) is 0. The third-order valence-electron chi connectivity index (χ3n) is 5.71. The van der Waals surface area contributed by atoms with Crippen LogP contribution in [0.15, 0.2) is 97.1 Å². The number of halogens is 1. The molecule has 2 N–H and O–H groups in total. The summed E-state index contributed by atoms with van der Waals surface area (Å²) in [4.78, 5) is 25.5. The van der Waals surface area contributed by atoms with E-state index in [1.807, 2.05) is 54.6 Å². The van der Waals surface area contributed by atoms with Crippen molar-refractivity contribution >= 4 is 11.9 Å². The first-order valence-electron chi connectivity index (χ1n) is 11.1. The Bertz CT molecular complexity index is 1320. The summed E-state index contributed by atoms with van der Waals surface area (Å²) in [7, 11) is 1.26. The molecule has 0 aliphatic heterocycles. The quantitative estimate of drug-likeness (QED) is 0.357. The Kier molecular flexibility index (Phi) is 7.21. The lowest BCUT2D eigenvalue weighted by atomic mass is 9.99. The number of benzene rings is 4. The summed E-state index contributed by atoms with van der Waals surface area (Å²) in [5, 5.41) is 13.0. The molecule has 0 saturated heterocycles. The summed E-state index contributed by atoms with van der Waals surface area (Å²) in [6.07, 6.45) is 0.214. The fourth-order valence-corrected chi connectivity index (χ4v) is 3.81. The maximum absolute atomic E-state index is 13.3. The van der Waals surface area contributed by atoms with Gasteiger partial charge >= 0.3 is 5.97 Å². The lowest BCUT2D eigenvalue weighted by molar-refractivity contribution is -0.142. The number of hydrogen-bond donors (Lipinski definition) is 2. The minimum atomic E-state index is -0.955. The van der Waals surface area contributed by atoms with Crippen LogP contribution in [-0.4, -0.2) is 30.1 Å². The van der Waals surface area contributed by atoms with Crippen LogP contribution in [0.1, 0.15) is 15.9 Å². The monoisotopic (exact) mass is 469 g/mol. The van der Waals surface area contributed by atoms with E-state index in [0.717, 1.165) is 16.7 Å². The number of hydrogen-bond acceptors (Lipinski definition) is 4. The average molecular weight is 470 g/mol. The van der Waals surface area contributed by atoms with Gasteiger partial charge in [-0.1, -0.05) is 72.8 Å². The van der Waals surface area contributed by atoms with Crippen LogP contribution < -0.4 is 5.32 Å². The molecule has 5 nitrogen and oxygen atoms in total. The number of aromatic hydroxyl groups is 1. The fraction of sp³-hybridized carbons (Fsp3) is 0.103. The van der Waals surface area contributed by atoms with E-state index in [2.05, 4.69) is 5.32 Å². The molecule has 0 saturated carbocycles. The van der Waals surface area contributed by atoms with Crippen LogP contribution in [0.2, 0.25) is 0 Å². The Morgan fingerprint density at radius 3 is 2.06 bits per heavy atom. The lowest BCUT2D eigenvalue weighted by Gasteiger charge is -2.18. The number of phenols is 1. The molecule has 0 aliphatic rings. The molecule has 1 unspecified atom stereocenters. The Hall–Kier alpha value is -4.45. The van der Waals surface area contributed by atoms with Gasteiger partial charge in [-0.2, -0.15) is 0 Å². The molecule has 6 heteroatoms. The highest BCUT2D eigenvalue weighted by Crippen LogP contribution is 2.26. The predicted molar refractivity (Wildman–Crippen MR) is 132 cm³/mol. The van der Waals surface area contributed by atoms with Gasteiger partial charge in [0.05, 0.1) is 12.7 Å². The van der Waals surface area contributed by atoms with Crippen molar-refractivity contribution < 1.29 is 23.8 Å². The van der Waals surface area contributed by atoms with Gasteiger partial charge in [0.25, 0.3) is 5.91 Å². The van der Waals surface area contributed by atoms with E-state index in [4.69, 9.17) is 4.74 Å². The van der Waals surface area contributed by atoms with Gasteiger partial charge in [-0.15, -0.1) is 0 Å². The Morgan fingerprint density at radius 1 is 0.829 bits per heavy atom. The number of amides is 1. The first-order valence-corrected chi connectivity index (χ1v) is 11.1. The van der Waals surface area contributed by atoms with Crippen LogP contribution in [0.25, 0.3) is 22.3 Å². The number of ether oxygens (including phenoxy) is 1. The number of phenolic OH excluding ortho intramolecular Hbond substituents is 1. The molecular weight excluding hydrogens is 445 g/mol. The molecule has 1 atom stereocenters. The molecule has 0 aromatic heterocycles. The van der Waals surface area contributed by atoms with Gasteiger partial charge in [-0.3, -0.25) is 4.79 Å². The van der Waals surface area contributed by atoms with E-state index in [1.54, 1.807) is 18.2 Å². The van der Waals surface area contributed by atoms with Crippen molar-refractivity contribution in [1.82, 2.24) is 5.32 Å². The number of carbonyl (C=O) groups excluding carboxylic acids is 2. The second-order valence-electron chi connectivity index (χ2n) is 8.06. The molecule has 0 fully saturated rings. The molecule has 0 spiro atoms. The van der Waals surface area contributed by atoms with Gasteiger partial charge in [0.2, 0.25) is 0 Å². The topological polar surface area (TPSA) is 75.6 Å². The standard InChI is InChI=1S/C29H24FNO4/c1-35-29(34)26(17-19-7-9-21(10-8-19)20-5-3-2-4-6-20)31-28(33)25-18-23(13-16-27(25)32)22-11-14-24(30)15-12-22/h2-16,18,26,32H,17H2,1H3,(H,31,33). The molecule has 4 aromatic rings. The zero-order chi connectivity index (χ0) is 24.8. The molecule has 176 valence electrons. The van der Waals surface area contributed by atoms with Crippen LogP contribution in [0.3, 0.4) is 0 Å². The van der Waals surface area contributed by atoms with Crippen LogP contribution in [0.4, 0.5) is 4.39 Å². The molecule has 1 amide bonds. The molecule has 0 bridgehead atoms. The van der Waals surface area contributed by atoms with Crippen molar-refractivity contribution in [3.05, 3.63) is 114 Å². The molecule has 4 rings (SSSR count). The highest BCUT2D eigenvalue weighted by molar-refractivity contribution is 6.00. The molecular formula is C29H24FNO4. The van der Waals surface area contributed by atoms with Crippen LogP contribution in [0.5, 0.6) is 5.75 Å². The Morgan fingerprint density at radius 2 is 1.40 bits per heavy atom. The van der Waals surface area contributed by atoms with Crippen LogP contribution in [0, 0.1) is 5.82 Å². The van der Waals surface area contributed by atoms with Crippen molar-refractivity contribution in [2.24, 2.45) is 0 Å². The summed E-state index contributed by atoms with van der Waals surface area (Å²) < 4.78 is 18.2. The average Bonchev–Trinajstić information content (AvgIpc) is 2.89. The lowest BCUT2D eigenvalue weighted by Crippen LogP contribution is -2.43. The largest absolute Gasteiger partial charge is 0.507 e. The zero-order valence-electron chi connectivity index (χ0n) is 19.1. The first-order chi connectivity index (χ1) is 16.9. The molecule has 35 heavy (non-hydrogen) atoms. The van der Waals surface area contributed by atoms with Gasteiger partial charge in [0, 0.05) is 6.42 Å². The van der Waals surface area contributed by atoms with Crippen molar-refractivity contribution in [1.29, 1.82) is 0 Å². The number of rotatable bonds is 7. The maximum Gasteiger partial charge on any atom is 0.328 e. The highest BCUT2D eigenvalue weighted by atomic mass is 19.1. The van der Waals surface area contributed by atoms with E-state index in [1.165, 1.54) is 31.4 Å². The number of carbonyl (C=O) groups is 2. The third-order valence-corrected chi connectivity index (χ3v) is 5.71. The van der Waals surface area contributed by atoms with E-state index in [9.17, 15) is 19.1 Å². The second-order valence-corrected chi connectivity index (χ2v) is 8.06. The number of methoxy groups -OCH3 is 1. The molecule has 0 radical (unpaired) electrons. The summed E-state index contributed by atoms with van der Waals surface area (Å²) in [5.41, 5.74) is 4.26. The van der Waals surface area contributed by atoms with Gasteiger partial charge < -0.3 is 15.2 Å². The number of nitrogens with one attached hydrogen (secondary N) is 1. The minimum absolute atomic E-state index is 0.000142. The third kappa shape index (κ3) is 5.73. The SMILES string of the molecule is COC(=O)C(Cc1ccc(-c2ccccc2)cc1)NC(=O)c1cc(-c2ccc(F)cc2)ccc1O. The van der Waals surface area contributed by atoms with E-state index in [-0.39, 0.29) is 23.6 Å². The Labute approximate surface area is 202 Å². The molecule has 4 aromatic carbocycles. The van der Waals surface area contributed by atoms with Gasteiger partial charge in [-0.05, 0) is 52.1 Å². The van der Waals surface area contributed by atoms with Gasteiger partial charge in [0.1, 0.15) is 17.6 Å². The zero-order valence-corrected chi connectivity index (χ0v) is 19.1. The maximum atomic E-state index is 13.3.